The molecule has 2 aromatic rings. The lowest BCUT2D eigenvalue weighted by molar-refractivity contribution is 0.103. The van der Waals surface area contributed by atoms with Crippen molar-refractivity contribution in [3.63, 3.8) is 0 Å². The number of carbonyl (C=O) groups excluding carboxylic acids is 1. The average Bonchev–Trinajstić information content (AvgIpc) is 2.36. The largest absolute Gasteiger partial charge is 0.396 e. The summed E-state index contributed by atoms with van der Waals surface area (Å²) in [4.78, 5) is 12.2. The van der Waals surface area contributed by atoms with E-state index in [1.807, 2.05) is 18.2 Å². The maximum Gasteiger partial charge on any atom is 0.195 e. The molecule has 0 radical (unpaired) electrons. The number of hydrogen-bond acceptors (Lipinski definition) is 3. The number of nitrogen functional groups attached to an aromatic ring is 2. The fraction of sp³-hybridized carbons (Fsp3) is 0. The SMILES string of the molecule is Nc1c(Br)ccc(C(=O)c2ccccc2)c1N. The molecular formula is C13H11BrN2O. The minimum atomic E-state index is -0.123. The molecule has 17 heavy (non-hydrogen) atoms. The number of hydrogen-bond donors (Lipinski definition) is 2. The Morgan fingerprint density at radius 2 is 1.59 bits per heavy atom. The fourth-order valence-corrected chi connectivity index (χ4v) is 1.90. The minimum Gasteiger partial charge on any atom is -0.396 e. The van der Waals surface area contributed by atoms with Gasteiger partial charge in [0.2, 0.25) is 0 Å². The molecule has 3 nitrogen and oxygen atoms in total. The second kappa shape index (κ2) is 4.59. The van der Waals surface area contributed by atoms with Gasteiger partial charge in [0.05, 0.1) is 11.4 Å². The van der Waals surface area contributed by atoms with Crippen molar-refractivity contribution in [3.8, 4) is 0 Å². The Morgan fingerprint density at radius 1 is 0.941 bits per heavy atom. The second-order valence-corrected chi connectivity index (χ2v) is 4.47. The van der Waals surface area contributed by atoms with Crippen molar-refractivity contribution in [3.05, 3.63) is 58.1 Å². The highest BCUT2D eigenvalue weighted by atomic mass is 79.9. The molecule has 0 saturated carbocycles. The topological polar surface area (TPSA) is 69.1 Å². The van der Waals surface area contributed by atoms with Crippen LogP contribution in [0, 0.1) is 0 Å². The van der Waals surface area contributed by atoms with Gasteiger partial charge in [-0.05, 0) is 28.1 Å². The third-order valence-corrected chi connectivity index (χ3v) is 3.21. The molecule has 0 heterocycles. The highest BCUT2D eigenvalue weighted by molar-refractivity contribution is 9.10. The molecule has 0 fully saturated rings. The first-order valence-electron chi connectivity index (χ1n) is 5.04. The van der Waals surface area contributed by atoms with Gasteiger partial charge in [-0.2, -0.15) is 0 Å². The summed E-state index contributed by atoms with van der Waals surface area (Å²) in [6.07, 6.45) is 0. The van der Waals surface area contributed by atoms with E-state index in [9.17, 15) is 4.79 Å². The molecule has 0 aromatic heterocycles. The number of nitrogens with two attached hydrogens (primary N) is 2. The molecular weight excluding hydrogens is 280 g/mol. The average molecular weight is 291 g/mol. The van der Waals surface area contributed by atoms with Crippen LogP contribution in [0.15, 0.2) is 46.9 Å². The van der Waals surface area contributed by atoms with E-state index in [2.05, 4.69) is 15.9 Å². The summed E-state index contributed by atoms with van der Waals surface area (Å²) in [6, 6.07) is 12.4. The van der Waals surface area contributed by atoms with Gasteiger partial charge in [0, 0.05) is 15.6 Å². The highest BCUT2D eigenvalue weighted by Gasteiger charge is 2.14. The van der Waals surface area contributed by atoms with Gasteiger partial charge in [-0.3, -0.25) is 4.79 Å². The summed E-state index contributed by atoms with van der Waals surface area (Å²) in [6.45, 7) is 0. The van der Waals surface area contributed by atoms with Crippen LogP contribution in [-0.4, -0.2) is 5.78 Å². The lowest BCUT2D eigenvalue weighted by Gasteiger charge is -2.08. The van der Waals surface area contributed by atoms with E-state index in [-0.39, 0.29) is 5.78 Å². The Labute approximate surface area is 108 Å². The van der Waals surface area contributed by atoms with E-state index in [0.717, 1.165) is 0 Å². The van der Waals surface area contributed by atoms with Gasteiger partial charge in [-0.15, -0.1) is 0 Å². The maximum atomic E-state index is 12.2. The Balaban J connectivity index is 2.49. The summed E-state index contributed by atoms with van der Waals surface area (Å²) in [7, 11) is 0. The van der Waals surface area contributed by atoms with Crippen molar-refractivity contribution in [1.29, 1.82) is 0 Å². The van der Waals surface area contributed by atoms with E-state index < -0.39 is 0 Å². The van der Waals surface area contributed by atoms with Gasteiger partial charge in [0.15, 0.2) is 5.78 Å². The monoisotopic (exact) mass is 290 g/mol. The minimum absolute atomic E-state index is 0.123. The number of benzene rings is 2. The predicted octanol–water partition coefficient (Wildman–Crippen LogP) is 2.84. The molecule has 0 aliphatic rings. The number of ketones is 1. The van der Waals surface area contributed by atoms with Gasteiger partial charge >= 0.3 is 0 Å². The second-order valence-electron chi connectivity index (χ2n) is 3.62. The Kier molecular flexibility index (Phi) is 3.15. The van der Waals surface area contributed by atoms with Crippen molar-refractivity contribution < 1.29 is 4.79 Å². The smallest absolute Gasteiger partial charge is 0.195 e. The van der Waals surface area contributed by atoms with Crippen LogP contribution in [-0.2, 0) is 0 Å². The standard InChI is InChI=1S/C13H11BrN2O/c14-10-7-6-9(11(15)12(10)16)13(17)8-4-2-1-3-5-8/h1-7H,15-16H2. The van der Waals surface area contributed by atoms with Crippen LogP contribution in [0.1, 0.15) is 15.9 Å². The van der Waals surface area contributed by atoms with Crippen LogP contribution in [0.3, 0.4) is 0 Å². The van der Waals surface area contributed by atoms with Crippen LogP contribution in [0.4, 0.5) is 11.4 Å². The lowest BCUT2D eigenvalue weighted by Crippen LogP contribution is -2.07. The number of carbonyl (C=O) groups is 1. The van der Waals surface area contributed by atoms with Gasteiger partial charge in [-0.1, -0.05) is 30.3 Å². The molecule has 2 aromatic carbocycles. The van der Waals surface area contributed by atoms with E-state index in [1.165, 1.54) is 0 Å². The van der Waals surface area contributed by atoms with Gasteiger partial charge < -0.3 is 11.5 Å². The van der Waals surface area contributed by atoms with Crippen molar-refractivity contribution >= 4 is 33.1 Å². The molecule has 0 spiro atoms. The lowest BCUT2D eigenvalue weighted by atomic mass is 10.0. The third-order valence-electron chi connectivity index (χ3n) is 2.51. The Bertz CT molecular complexity index is 567. The summed E-state index contributed by atoms with van der Waals surface area (Å²) < 4.78 is 0.694. The van der Waals surface area contributed by atoms with E-state index in [4.69, 9.17) is 11.5 Å². The Morgan fingerprint density at radius 3 is 2.24 bits per heavy atom. The first-order chi connectivity index (χ1) is 8.11. The molecule has 0 aliphatic carbocycles. The maximum absolute atomic E-state index is 12.2. The number of halogens is 1. The molecule has 2 rings (SSSR count). The third kappa shape index (κ3) is 2.17. The fourth-order valence-electron chi connectivity index (χ4n) is 1.55. The zero-order valence-corrected chi connectivity index (χ0v) is 10.6. The molecule has 0 saturated heterocycles. The van der Waals surface area contributed by atoms with Gasteiger partial charge in [0.1, 0.15) is 0 Å². The van der Waals surface area contributed by atoms with Crippen LogP contribution in [0.5, 0.6) is 0 Å². The van der Waals surface area contributed by atoms with Crippen LogP contribution < -0.4 is 11.5 Å². The van der Waals surface area contributed by atoms with Crippen LogP contribution in [0.25, 0.3) is 0 Å². The molecule has 0 aliphatic heterocycles. The summed E-state index contributed by atoms with van der Waals surface area (Å²) >= 11 is 3.27. The number of anilines is 2. The van der Waals surface area contributed by atoms with E-state index in [1.54, 1.807) is 24.3 Å². The normalized spacial score (nSPS) is 10.2. The van der Waals surface area contributed by atoms with E-state index >= 15 is 0 Å². The van der Waals surface area contributed by atoms with Crippen molar-refractivity contribution in [2.45, 2.75) is 0 Å². The van der Waals surface area contributed by atoms with Gasteiger partial charge in [0.25, 0.3) is 0 Å². The molecule has 4 heteroatoms. The Hall–Kier alpha value is -1.81. The molecule has 0 atom stereocenters. The van der Waals surface area contributed by atoms with Crippen molar-refractivity contribution in [2.24, 2.45) is 0 Å². The number of rotatable bonds is 2. The molecule has 0 amide bonds. The summed E-state index contributed by atoms with van der Waals surface area (Å²) in [5.74, 6) is -0.123. The zero-order valence-electron chi connectivity index (χ0n) is 8.98. The predicted molar refractivity (Wildman–Crippen MR) is 72.8 cm³/mol. The quantitative estimate of drug-likeness (QED) is 0.660. The van der Waals surface area contributed by atoms with Gasteiger partial charge in [-0.25, -0.2) is 0 Å². The van der Waals surface area contributed by atoms with E-state index in [0.29, 0.717) is 27.0 Å². The van der Waals surface area contributed by atoms with Crippen molar-refractivity contribution in [1.82, 2.24) is 0 Å². The van der Waals surface area contributed by atoms with Crippen molar-refractivity contribution in [2.75, 3.05) is 11.5 Å². The zero-order chi connectivity index (χ0) is 12.4. The molecule has 0 unspecified atom stereocenters. The first-order valence-corrected chi connectivity index (χ1v) is 5.83. The molecule has 0 bridgehead atoms. The van der Waals surface area contributed by atoms with Crippen LogP contribution >= 0.6 is 15.9 Å². The highest BCUT2D eigenvalue weighted by Crippen LogP contribution is 2.29. The molecule has 86 valence electrons. The summed E-state index contributed by atoms with van der Waals surface area (Å²) in [5.41, 5.74) is 13.4. The summed E-state index contributed by atoms with van der Waals surface area (Å²) in [5, 5.41) is 0. The van der Waals surface area contributed by atoms with Crippen LogP contribution in [0.2, 0.25) is 0 Å². The molecule has 4 N–H and O–H groups in total. The first kappa shape index (κ1) is 11.7.